The molecule has 2 aliphatic rings. The number of rotatable bonds is 3. The number of aliphatic hydroxyl groups is 2. The van der Waals surface area contributed by atoms with Crippen molar-refractivity contribution in [3.05, 3.63) is 35.9 Å². The van der Waals surface area contributed by atoms with E-state index in [0.29, 0.717) is 6.42 Å². The predicted octanol–water partition coefficient (Wildman–Crippen LogP) is 1.30. The first-order valence-electron chi connectivity index (χ1n) is 8.79. The Morgan fingerprint density at radius 1 is 1.28 bits per heavy atom. The lowest BCUT2D eigenvalue weighted by Gasteiger charge is -2.50. The first-order valence-corrected chi connectivity index (χ1v) is 8.79. The molecule has 0 radical (unpaired) electrons. The van der Waals surface area contributed by atoms with Gasteiger partial charge in [-0.05, 0) is 31.7 Å². The normalized spacial score (nSPS) is 28.8. The van der Waals surface area contributed by atoms with E-state index < -0.39 is 11.7 Å². The number of carboxylic acid groups (broad SMARTS) is 1. The molecular weight excluding hydrogens is 322 g/mol. The molecule has 1 aromatic rings. The highest BCUT2D eigenvalue weighted by Gasteiger charge is 2.48. The molecular formula is C19H29NO5. The van der Waals surface area contributed by atoms with Gasteiger partial charge in [-0.3, -0.25) is 4.79 Å². The molecule has 140 valence electrons. The largest absolute Gasteiger partial charge is 0.483 e. The molecule has 0 unspecified atom stereocenters. The Labute approximate surface area is 149 Å². The first-order chi connectivity index (χ1) is 11.9. The molecule has 25 heavy (non-hydrogen) atoms. The zero-order chi connectivity index (χ0) is 18.3. The quantitative estimate of drug-likeness (QED) is 0.711. The fourth-order valence-electron chi connectivity index (χ4n) is 3.69. The number of piperidine rings is 1. The number of carbonyl (C=O) groups is 1. The molecule has 1 aromatic carbocycles. The summed E-state index contributed by atoms with van der Waals surface area (Å²) in [6, 6.07) is 10.6. The number of aliphatic hydroxyl groups excluding tert-OH is 1. The monoisotopic (exact) mass is 351 g/mol. The van der Waals surface area contributed by atoms with Crippen LogP contribution in [0, 0.1) is 0 Å². The van der Waals surface area contributed by atoms with Crippen molar-refractivity contribution in [3.63, 3.8) is 0 Å². The highest BCUT2D eigenvalue weighted by molar-refractivity contribution is 5.32. The number of hydrogen-bond acceptors (Lipinski definition) is 5. The molecule has 1 spiro atoms. The zero-order valence-corrected chi connectivity index (χ0v) is 14.8. The summed E-state index contributed by atoms with van der Waals surface area (Å²) < 4.78 is 5.93. The van der Waals surface area contributed by atoms with Gasteiger partial charge >= 0.3 is 0 Å². The summed E-state index contributed by atoms with van der Waals surface area (Å²) in [5, 5.41) is 27.1. The minimum Gasteiger partial charge on any atom is -0.483 e. The molecule has 2 heterocycles. The predicted molar refractivity (Wildman–Crippen MR) is 94.4 cm³/mol. The summed E-state index contributed by atoms with van der Waals surface area (Å²) in [7, 11) is 0. The van der Waals surface area contributed by atoms with Crippen LogP contribution in [0.3, 0.4) is 0 Å². The summed E-state index contributed by atoms with van der Waals surface area (Å²) in [6.45, 7) is 4.79. The van der Waals surface area contributed by atoms with Crippen LogP contribution in [0.4, 0.5) is 0 Å². The Morgan fingerprint density at radius 2 is 1.88 bits per heavy atom. The molecule has 2 atom stereocenters. The molecule has 0 aromatic heterocycles. The van der Waals surface area contributed by atoms with Crippen LogP contribution >= 0.6 is 0 Å². The van der Waals surface area contributed by atoms with Crippen LogP contribution in [0.2, 0.25) is 0 Å². The highest BCUT2D eigenvalue weighted by atomic mass is 16.5. The summed E-state index contributed by atoms with van der Waals surface area (Å²) in [5.74, 6) is 0. The van der Waals surface area contributed by atoms with E-state index in [4.69, 9.17) is 14.6 Å². The van der Waals surface area contributed by atoms with Crippen molar-refractivity contribution < 1.29 is 24.9 Å². The standard InChI is InChI=1S/C18H27NO3.CH2O2/c1-17(21)14-18(22-13-16(17)20)8-11-19(12-9-18)10-7-15-5-3-2-4-6-15;2-1-3/h2-6,16,20-21H,7-14H2,1H3;1H,(H,2,3)/t16-,17-;/m0./s1. The van der Waals surface area contributed by atoms with E-state index in [9.17, 15) is 10.2 Å². The van der Waals surface area contributed by atoms with Crippen LogP contribution in [-0.4, -0.2) is 70.2 Å². The molecule has 3 rings (SSSR count). The third-order valence-corrected chi connectivity index (χ3v) is 5.27. The van der Waals surface area contributed by atoms with E-state index in [-0.39, 0.29) is 18.7 Å². The van der Waals surface area contributed by atoms with Crippen LogP contribution in [0.15, 0.2) is 30.3 Å². The Balaban J connectivity index is 0.000000701. The maximum Gasteiger partial charge on any atom is 0.290 e. The Morgan fingerprint density at radius 3 is 2.44 bits per heavy atom. The van der Waals surface area contributed by atoms with Gasteiger partial charge < -0.3 is 25.0 Å². The summed E-state index contributed by atoms with van der Waals surface area (Å²) in [6.07, 6.45) is 2.71. The van der Waals surface area contributed by atoms with Gasteiger partial charge in [0.25, 0.3) is 6.47 Å². The molecule has 2 aliphatic heterocycles. The van der Waals surface area contributed by atoms with Crippen molar-refractivity contribution in [2.45, 2.75) is 49.9 Å². The van der Waals surface area contributed by atoms with E-state index in [1.807, 2.05) is 0 Å². The smallest absolute Gasteiger partial charge is 0.290 e. The Bertz CT molecular complexity index is 526. The summed E-state index contributed by atoms with van der Waals surface area (Å²) in [5.41, 5.74) is 0.110. The fraction of sp³-hybridized carbons (Fsp3) is 0.632. The van der Waals surface area contributed by atoms with Crippen molar-refractivity contribution in [2.24, 2.45) is 0 Å². The van der Waals surface area contributed by atoms with Gasteiger partial charge in [0.2, 0.25) is 0 Å². The number of nitrogens with zero attached hydrogens (tertiary/aromatic N) is 1. The molecule has 6 nitrogen and oxygen atoms in total. The molecule has 2 saturated heterocycles. The molecule has 2 fully saturated rings. The van der Waals surface area contributed by atoms with E-state index >= 15 is 0 Å². The highest BCUT2D eigenvalue weighted by Crippen LogP contribution is 2.39. The van der Waals surface area contributed by atoms with Gasteiger partial charge in [0, 0.05) is 26.1 Å². The third kappa shape index (κ3) is 5.51. The Hall–Kier alpha value is -1.47. The molecule has 0 bridgehead atoms. The molecule has 0 amide bonds. The topological polar surface area (TPSA) is 90.2 Å². The van der Waals surface area contributed by atoms with Gasteiger partial charge in [-0.1, -0.05) is 30.3 Å². The number of benzene rings is 1. The average Bonchev–Trinajstić information content (AvgIpc) is 2.60. The first kappa shape index (κ1) is 19.8. The van der Waals surface area contributed by atoms with Gasteiger partial charge in [-0.2, -0.15) is 0 Å². The van der Waals surface area contributed by atoms with E-state index in [2.05, 4.69) is 35.2 Å². The number of ether oxygens (including phenoxy) is 1. The SMILES string of the molecule is C[C@]1(O)CC2(CCN(CCc3ccccc3)CC2)OC[C@@H]1O.O=CO. The van der Waals surface area contributed by atoms with Crippen LogP contribution < -0.4 is 0 Å². The van der Waals surface area contributed by atoms with Gasteiger partial charge in [0.1, 0.15) is 6.10 Å². The second kappa shape index (κ2) is 8.76. The lowest BCUT2D eigenvalue weighted by atomic mass is 9.76. The lowest BCUT2D eigenvalue weighted by molar-refractivity contribution is -0.222. The molecule has 0 aliphatic carbocycles. The van der Waals surface area contributed by atoms with Gasteiger partial charge in [-0.25, -0.2) is 0 Å². The second-order valence-corrected chi connectivity index (χ2v) is 7.23. The maximum absolute atomic E-state index is 10.3. The molecule has 3 N–H and O–H groups in total. The molecule has 6 heteroatoms. The van der Waals surface area contributed by atoms with Crippen LogP contribution in [0.25, 0.3) is 0 Å². The minimum absolute atomic E-state index is 0.244. The fourth-order valence-corrected chi connectivity index (χ4v) is 3.69. The third-order valence-electron chi connectivity index (χ3n) is 5.27. The van der Waals surface area contributed by atoms with Gasteiger partial charge in [-0.15, -0.1) is 0 Å². The van der Waals surface area contributed by atoms with E-state index in [1.165, 1.54) is 5.56 Å². The van der Waals surface area contributed by atoms with Crippen molar-refractivity contribution >= 4 is 6.47 Å². The number of likely N-dealkylation sites (tertiary alicyclic amines) is 1. The van der Waals surface area contributed by atoms with Crippen LogP contribution in [0.5, 0.6) is 0 Å². The van der Waals surface area contributed by atoms with Crippen LogP contribution in [-0.2, 0) is 16.0 Å². The molecule has 0 saturated carbocycles. The van der Waals surface area contributed by atoms with E-state index in [0.717, 1.165) is 38.9 Å². The van der Waals surface area contributed by atoms with Crippen molar-refractivity contribution in [1.82, 2.24) is 4.90 Å². The van der Waals surface area contributed by atoms with Gasteiger partial charge in [0.05, 0.1) is 17.8 Å². The summed E-state index contributed by atoms with van der Waals surface area (Å²) >= 11 is 0. The van der Waals surface area contributed by atoms with Crippen molar-refractivity contribution in [1.29, 1.82) is 0 Å². The van der Waals surface area contributed by atoms with E-state index in [1.54, 1.807) is 6.92 Å². The van der Waals surface area contributed by atoms with Crippen molar-refractivity contribution in [3.8, 4) is 0 Å². The van der Waals surface area contributed by atoms with Crippen LogP contribution in [0.1, 0.15) is 31.7 Å². The zero-order valence-electron chi connectivity index (χ0n) is 14.8. The number of hydrogen-bond donors (Lipinski definition) is 3. The second-order valence-electron chi connectivity index (χ2n) is 7.23. The minimum atomic E-state index is -1.02. The Kier molecular flexibility index (Phi) is 6.95. The van der Waals surface area contributed by atoms with Crippen molar-refractivity contribution in [2.75, 3.05) is 26.2 Å². The maximum atomic E-state index is 10.3. The average molecular weight is 351 g/mol. The summed E-state index contributed by atoms with van der Waals surface area (Å²) in [4.78, 5) is 10.8. The van der Waals surface area contributed by atoms with Gasteiger partial charge in [0.15, 0.2) is 0 Å². The lowest BCUT2D eigenvalue weighted by Crippen LogP contribution is -2.59.